The third-order valence-electron chi connectivity index (χ3n) is 4.15. The van der Waals surface area contributed by atoms with Crippen LogP contribution in [0.4, 0.5) is 0 Å². The predicted octanol–water partition coefficient (Wildman–Crippen LogP) is 4.19. The number of halogens is 2. The average Bonchev–Trinajstić information content (AvgIpc) is 2.80. The molecule has 0 aliphatic heterocycles. The Bertz CT molecular complexity index is 554. The molecule has 1 saturated carbocycles. The first-order valence-corrected chi connectivity index (χ1v) is 8.24. The third kappa shape index (κ3) is 3.64. The maximum absolute atomic E-state index is 12.6. The lowest BCUT2D eigenvalue weighted by atomic mass is 9.71. The largest absolute Gasteiger partial charge is 0.458 e. The van der Waals surface area contributed by atoms with E-state index in [2.05, 4.69) is 0 Å². The van der Waals surface area contributed by atoms with Gasteiger partial charge in [-0.15, -0.1) is 0 Å². The Morgan fingerprint density at radius 1 is 1.32 bits per heavy atom. The Labute approximate surface area is 140 Å². The van der Waals surface area contributed by atoms with Crippen molar-refractivity contribution in [2.75, 3.05) is 0 Å². The van der Waals surface area contributed by atoms with E-state index in [-0.39, 0.29) is 5.78 Å². The normalized spacial score (nSPS) is 22.1. The number of hydrogen-bond donors (Lipinski definition) is 0. The fourth-order valence-corrected chi connectivity index (χ4v) is 3.45. The van der Waals surface area contributed by atoms with Crippen molar-refractivity contribution in [1.29, 1.82) is 0 Å². The lowest BCUT2D eigenvalue weighted by Gasteiger charge is -2.36. The molecule has 0 N–H and O–H groups in total. The van der Waals surface area contributed by atoms with Crippen molar-refractivity contribution in [3.8, 4) is 0 Å². The number of benzene rings is 1. The van der Waals surface area contributed by atoms with E-state index in [1.165, 1.54) is 0 Å². The van der Waals surface area contributed by atoms with Gasteiger partial charge in [-0.05, 0) is 32.3 Å². The minimum atomic E-state index is -1.22. The van der Waals surface area contributed by atoms with Gasteiger partial charge in [-0.1, -0.05) is 53.5 Å². The van der Waals surface area contributed by atoms with E-state index in [1.807, 2.05) is 30.3 Å². The van der Waals surface area contributed by atoms with Gasteiger partial charge in [0, 0.05) is 12.8 Å². The Morgan fingerprint density at radius 2 is 1.95 bits per heavy atom. The van der Waals surface area contributed by atoms with Gasteiger partial charge in [0.15, 0.2) is 0 Å². The summed E-state index contributed by atoms with van der Waals surface area (Å²) in [6.07, 6.45) is 2.61. The number of ether oxygens (including phenoxy) is 1. The number of hydrogen-bond acceptors (Lipinski definition) is 3. The Hall–Kier alpha value is -1.06. The van der Waals surface area contributed by atoms with Crippen LogP contribution in [0.3, 0.4) is 0 Å². The highest BCUT2D eigenvalue weighted by Crippen LogP contribution is 2.44. The number of ketones is 1. The van der Waals surface area contributed by atoms with E-state index in [0.29, 0.717) is 12.8 Å². The maximum atomic E-state index is 12.6. The minimum absolute atomic E-state index is 0.205. The maximum Gasteiger partial charge on any atom is 0.339 e. The number of rotatable bonds is 5. The van der Waals surface area contributed by atoms with Crippen molar-refractivity contribution in [3.05, 3.63) is 35.9 Å². The van der Waals surface area contributed by atoms with Crippen molar-refractivity contribution in [1.82, 2.24) is 0 Å². The molecular weight excluding hydrogens is 323 g/mol. The summed E-state index contributed by atoms with van der Waals surface area (Å²) in [5.74, 6) is -0.474. The zero-order chi connectivity index (χ0) is 16.4. The van der Waals surface area contributed by atoms with Crippen molar-refractivity contribution < 1.29 is 14.3 Å². The molecule has 2 rings (SSSR count). The van der Waals surface area contributed by atoms with Crippen LogP contribution in [0, 0.1) is 0 Å². The van der Waals surface area contributed by atoms with E-state index in [4.69, 9.17) is 27.9 Å². The molecule has 120 valence electrons. The van der Waals surface area contributed by atoms with Gasteiger partial charge in [-0.3, -0.25) is 4.79 Å². The molecular formula is C17H20Cl2O3. The highest BCUT2D eigenvalue weighted by atomic mass is 35.5. The zero-order valence-corrected chi connectivity index (χ0v) is 14.3. The quantitative estimate of drug-likeness (QED) is 0.595. The molecule has 1 aromatic rings. The molecule has 0 amide bonds. The average molecular weight is 343 g/mol. The van der Waals surface area contributed by atoms with Crippen molar-refractivity contribution in [2.24, 2.45) is 0 Å². The summed E-state index contributed by atoms with van der Waals surface area (Å²) in [6.45, 7) is 3.58. The molecule has 1 aliphatic carbocycles. The third-order valence-corrected chi connectivity index (χ3v) is 4.51. The summed E-state index contributed by atoms with van der Waals surface area (Å²) in [4.78, 5) is 23.1. The van der Waals surface area contributed by atoms with Crippen LogP contribution < -0.4 is 0 Å². The van der Waals surface area contributed by atoms with E-state index < -0.39 is 21.8 Å². The first-order chi connectivity index (χ1) is 10.3. The van der Waals surface area contributed by atoms with Gasteiger partial charge in [0.2, 0.25) is 4.84 Å². The van der Waals surface area contributed by atoms with Crippen LogP contribution >= 0.6 is 23.2 Å². The second-order valence-corrected chi connectivity index (χ2v) is 7.48. The monoisotopic (exact) mass is 342 g/mol. The molecule has 22 heavy (non-hydrogen) atoms. The molecule has 1 aromatic carbocycles. The topological polar surface area (TPSA) is 43.4 Å². The van der Waals surface area contributed by atoms with Crippen molar-refractivity contribution in [3.63, 3.8) is 0 Å². The van der Waals surface area contributed by atoms with Crippen LogP contribution in [0.1, 0.15) is 45.1 Å². The van der Waals surface area contributed by atoms with Crippen LogP contribution in [0.15, 0.2) is 30.3 Å². The molecule has 1 atom stereocenters. The summed E-state index contributed by atoms with van der Waals surface area (Å²) >= 11 is 11.1. The van der Waals surface area contributed by atoms with Gasteiger partial charge in [-0.25, -0.2) is 4.79 Å². The molecule has 0 heterocycles. The van der Waals surface area contributed by atoms with Crippen LogP contribution in [-0.2, 0) is 19.7 Å². The fourth-order valence-electron chi connectivity index (χ4n) is 3.36. The van der Waals surface area contributed by atoms with Crippen LogP contribution in [0.2, 0.25) is 0 Å². The molecule has 1 aliphatic rings. The van der Waals surface area contributed by atoms with E-state index in [0.717, 1.165) is 18.4 Å². The first kappa shape index (κ1) is 17.3. The van der Waals surface area contributed by atoms with Gasteiger partial charge < -0.3 is 4.74 Å². The number of carbonyl (C=O) groups is 2. The Morgan fingerprint density at radius 3 is 2.45 bits per heavy atom. The lowest BCUT2D eigenvalue weighted by Crippen LogP contribution is -2.42. The van der Waals surface area contributed by atoms with E-state index >= 15 is 0 Å². The highest BCUT2D eigenvalue weighted by molar-refractivity contribution is 6.52. The molecule has 0 saturated heterocycles. The van der Waals surface area contributed by atoms with E-state index in [1.54, 1.807) is 13.8 Å². The molecule has 1 unspecified atom stereocenters. The zero-order valence-electron chi connectivity index (χ0n) is 12.8. The lowest BCUT2D eigenvalue weighted by molar-refractivity contribution is -0.157. The smallest absolute Gasteiger partial charge is 0.339 e. The number of carbonyl (C=O) groups excluding carboxylic acids is 2. The van der Waals surface area contributed by atoms with Gasteiger partial charge >= 0.3 is 5.97 Å². The van der Waals surface area contributed by atoms with Crippen LogP contribution in [0.5, 0.6) is 0 Å². The summed E-state index contributed by atoms with van der Waals surface area (Å²) in [6, 6.07) is 9.71. The van der Waals surface area contributed by atoms with Crippen molar-refractivity contribution >= 4 is 35.0 Å². The predicted molar refractivity (Wildman–Crippen MR) is 87.3 cm³/mol. The molecule has 0 aromatic heterocycles. The highest BCUT2D eigenvalue weighted by Gasteiger charge is 2.47. The standard InChI is InChI=1S/C17H20Cl2O3/c1-16(2,22-15(21)14(18)19)11-17(10-6-9-13(17)20)12-7-4-3-5-8-12/h3-5,7-8,14H,6,9-11H2,1-2H3. The summed E-state index contributed by atoms with van der Waals surface area (Å²) in [7, 11) is 0. The van der Waals surface area contributed by atoms with Gasteiger partial charge in [0.25, 0.3) is 0 Å². The van der Waals surface area contributed by atoms with Gasteiger partial charge in [0.1, 0.15) is 11.4 Å². The Kier molecular flexibility index (Phi) is 5.18. The van der Waals surface area contributed by atoms with Crippen molar-refractivity contribution in [2.45, 2.75) is 55.4 Å². The second kappa shape index (κ2) is 6.59. The number of Topliss-reactive ketones (excluding diaryl/α,β-unsaturated/α-hetero) is 1. The molecule has 0 radical (unpaired) electrons. The molecule has 1 fully saturated rings. The summed E-state index contributed by atoms with van der Waals surface area (Å²) < 4.78 is 5.40. The summed E-state index contributed by atoms with van der Waals surface area (Å²) in [5.41, 5.74) is -0.441. The number of esters is 1. The van der Waals surface area contributed by atoms with Gasteiger partial charge in [-0.2, -0.15) is 0 Å². The van der Waals surface area contributed by atoms with Crippen LogP contribution in [-0.4, -0.2) is 22.2 Å². The van der Waals surface area contributed by atoms with E-state index in [9.17, 15) is 9.59 Å². The Balaban J connectivity index is 2.29. The molecule has 3 nitrogen and oxygen atoms in total. The minimum Gasteiger partial charge on any atom is -0.458 e. The number of alkyl halides is 2. The molecule has 0 spiro atoms. The van der Waals surface area contributed by atoms with Crippen LogP contribution in [0.25, 0.3) is 0 Å². The second-order valence-electron chi connectivity index (χ2n) is 6.38. The molecule has 0 bridgehead atoms. The fraction of sp³-hybridized carbons (Fsp3) is 0.529. The molecule has 5 heteroatoms. The summed E-state index contributed by atoms with van der Waals surface area (Å²) in [5, 5.41) is 0. The SMILES string of the molecule is CC(C)(CC1(c2ccccc2)CCCC1=O)OC(=O)C(Cl)Cl. The van der Waals surface area contributed by atoms with Gasteiger partial charge in [0.05, 0.1) is 5.41 Å². The first-order valence-electron chi connectivity index (χ1n) is 7.37.